The fourth-order valence-electron chi connectivity index (χ4n) is 4.10. The minimum atomic E-state index is -0.188. The van der Waals surface area contributed by atoms with Crippen LogP contribution in [-0.4, -0.2) is 53.9 Å². The van der Waals surface area contributed by atoms with Crippen molar-refractivity contribution in [3.63, 3.8) is 0 Å². The molecule has 1 N–H and O–H groups in total. The van der Waals surface area contributed by atoms with Crippen molar-refractivity contribution in [2.45, 2.75) is 33.1 Å². The zero-order valence-corrected chi connectivity index (χ0v) is 17.2. The highest BCUT2D eigenvalue weighted by molar-refractivity contribution is 5.94. The molecule has 0 bridgehead atoms. The number of carbonyl (C=O) groups excluding carboxylic acids is 1. The molecule has 1 amide bonds. The Morgan fingerprint density at radius 1 is 1.18 bits per heavy atom. The van der Waals surface area contributed by atoms with E-state index >= 15 is 0 Å². The standard InChI is InChI=1S/C22H32N4O2/c1-17-13-18(2)15-25(14-17)12-8-7-11-23-22(27)21-20(28-3)16-26(24-21)19-9-5-4-6-10-19/h4-6,9-10,16-18H,7-8,11-15H2,1-3H3,(H,23,27). The van der Waals surface area contributed by atoms with E-state index in [0.717, 1.165) is 36.9 Å². The number of para-hydroxylation sites is 1. The van der Waals surface area contributed by atoms with Gasteiger partial charge in [0.1, 0.15) is 0 Å². The molecule has 2 aromatic rings. The van der Waals surface area contributed by atoms with E-state index in [1.165, 1.54) is 19.5 Å². The molecular formula is C22H32N4O2. The lowest BCUT2D eigenvalue weighted by molar-refractivity contribution is 0.0943. The maximum absolute atomic E-state index is 12.5. The molecule has 0 saturated carbocycles. The first kappa shape index (κ1) is 20.4. The highest BCUT2D eigenvalue weighted by Crippen LogP contribution is 2.21. The Kier molecular flexibility index (Phi) is 7.09. The van der Waals surface area contributed by atoms with Gasteiger partial charge >= 0.3 is 0 Å². The third-order valence-electron chi connectivity index (χ3n) is 5.27. The minimum absolute atomic E-state index is 0.188. The summed E-state index contributed by atoms with van der Waals surface area (Å²) in [7, 11) is 1.56. The normalized spacial score (nSPS) is 20.1. The second kappa shape index (κ2) is 9.73. The largest absolute Gasteiger partial charge is 0.493 e. The zero-order chi connectivity index (χ0) is 19.9. The van der Waals surface area contributed by atoms with E-state index in [1.54, 1.807) is 18.0 Å². The number of methoxy groups -OCH3 is 1. The summed E-state index contributed by atoms with van der Waals surface area (Å²) >= 11 is 0. The van der Waals surface area contributed by atoms with E-state index in [2.05, 4.69) is 29.2 Å². The van der Waals surface area contributed by atoms with Gasteiger partial charge in [-0.25, -0.2) is 4.68 Å². The molecule has 6 nitrogen and oxygen atoms in total. The number of piperidine rings is 1. The number of benzene rings is 1. The Hall–Kier alpha value is -2.34. The van der Waals surface area contributed by atoms with Crippen molar-refractivity contribution < 1.29 is 9.53 Å². The number of hydrogen-bond acceptors (Lipinski definition) is 4. The Morgan fingerprint density at radius 2 is 1.89 bits per heavy atom. The van der Waals surface area contributed by atoms with Gasteiger partial charge < -0.3 is 15.0 Å². The van der Waals surface area contributed by atoms with Gasteiger partial charge in [-0.2, -0.15) is 5.10 Å². The van der Waals surface area contributed by atoms with Crippen LogP contribution in [0.3, 0.4) is 0 Å². The van der Waals surface area contributed by atoms with Gasteiger partial charge in [-0.05, 0) is 49.8 Å². The Bertz CT molecular complexity index is 749. The number of nitrogens with zero attached hydrogens (tertiary/aromatic N) is 3. The van der Waals surface area contributed by atoms with Crippen LogP contribution >= 0.6 is 0 Å². The van der Waals surface area contributed by atoms with Crippen LogP contribution in [0.25, 0.3) is 5.69 Å². The summed E-state index contributed by atoms with van der Waals surface area (Å²) in [6.07, 6.45) is 5.13. The van der Waals surface area contributed by atoms with E-state index in [4.69, 9.17) is 4.74 Å². The molecule has 28 heavy (non-hydrogen) atoms. The van der Waals surface area contributed by atoms with Gasteiger partial charge in [0, 0.05) is 19.6 Å². The summed E-state index contributed by atoms with van der Waals surface area (Å²) in [5, 5.41) is 7.39. The second-order valence-corrected chi connectivity index (χ2v) is 7.99. The first-order valence-corrected chi connectivity index (χ1v) is 10.3. The van der Waals surface area contributed by atoms with E-state index < -0.39 is 0 Å². The highest BCUT2D eigenvalue weighted by atomic mass is 16.5. The zero-order valence-electron chi connectivity index (χ0n) is 17.2. The van der Waals surface area contributed by atoms with Crippen LogP contribution in [0.15, 0.2) is 36.5 Å². The summed E-state index contributed by atoms with van der Waals surface area (Å²) in [5.41, 5.74) is 1.22. The molecule has 1 aliphatic heterocycles. The van der Waals surface area contributed by atoms with Gasteiger partial charge in [0.2, 0.25) is 0 Å². The second-order valence-electron chi connectivity index (χ2n) is 7.99. The number of aromatic nitrogens is 2. The predicted molar refractivity (Wildman–Crippen MR) is 111 cm³/mol. The van der Waals surface area contributed by atoms with E-state index in [-0.39, 0.29) is 5.91 Å². The van der Waals surface area contributed by atoms with Crippen LogP contribution in [0.1, 0.15) is 43.6 Å². The van der Waals surface area contributed by atoms with Gasteiger partial charge in [0.25, 0.3) is 5.91 Å². The number of carbonyl (C=O) groups is 1. The highest BCUT2D eigenvalue weighted by Gasteiger charge is 2.21. The molecule has 3 rings (SSSR count). The molecule has 0 spiro atoms. The maximum Gasteiger partial charge on any atom is 0.275 e. The molecule has 1 aromatic heterocycles. The quantitative estimate of drug-likeness (QED) is 0.709. The first-order valence-electron chi connectivity index (χ1n) is 10.3. The third kappa shape index (κ3) is 5.35. The number of unbranched alkanes of at least 4 members (excludes halogenated alkanes) is 1. The van der Waals surface area contributed by atoms with Crippen LogP contribution in [-0.2, 0) is 0 Å². The SMILES string of the molecule is COc1cn(-c2ccccc2)nc1C(=O)NCCCCN1CC(C)CC(C)C1. The Labute approximate surface area is 167 Å². The molecule has 2 heterocycles. The fourth-order valence-corrected chi connectivity index (χ4v) is 4.10. The van der Waals surface area contributed by atoms with Crippen LogP contribution < -0.4 is 10.1 Å². The predicted octanol–water partition coefficient (Wildman–Crippen LogP) is 3.37. The molecule has 0 radical (unpaired) electrons. The average molecular weight is 385 g/mol. The lowest BCUT2D eigenvalue weighted by atomic mass is 9.92. The summed E-state index contributed by atoms with van der Waals surface area (Å²) in [5.74, 6) is 1.87. The molecule has 1 saturated heterocycles. The van der Waals surface area contributed by atoms with Gasteiger partial charge in [-0.3, -0.25) is 4.79 Å². The van der Waals surface area contributed by atoms with Gasteiger partial charge in [-0.1, -0.05) is 32.0 Å². The number of amides is 1. The van der Waals surface area contributed by atoms with E-state index in [0.29, 0.717) is 18.0 Å². The molecule has 2 unspecified atom stereocenters. The number of likely N-dealkylation sites (tertiary alicyclic amines) is 1. The summed E-state index contributed by atoms with van der Waals surface area (Å²) in [6, 6.07) is 9.70. The van der Waals surface area contributed by atoms with Crippen molar-refractivity contribution in [1.29, 1.82) is 0 Å². The minimum Gasteiger partial charge on any atom is -0.493 e. The van der Waals surface area contributed by atoms with Gasteiger partial charge in [0.15, 0.2) is 11.4 Å². The lowest BCUT2D eigenvalue weighted by Crippen LogP contribution is -2.39. The van der Waals surface area contributed by atoms with Crippen molar-refractivity contribution in [2.75, 3.05) is 33.3 Å². The van der Waals surface area contributed by atoms with Crippen molar-refractivity contribution in [1.82, 2.24) is 20.0 Å². The van der Waals surface area contributed by atoms with Crippen LogP contribution in [0.5, 0.6) is 5.75 Å². The molecule has 2 atom stereocenters. The Morgan fingerprint density at radius 3 is 2.57 bits per heavy atom. The maximum atomic E-state index is 12.5. The molecular weight excluding hydrogens is 352 g/mol. The van der Waals surface area contributed by atoms with Crippen molar-refractivity contribution in [3.8, 4) is 11.4 Å². The number of ether oxygens (including phenoxy) is 1. The fraction of sp³-hybridized carbons (Fsp3) is 0.545. The topological polar surface area (TPSA) is 59.4 Å². The van der Waals surface area contributed by atoms with Crippen LogP contribution in [0.2, 0.25) is 0 Å². The number of hydrogen-bond donors (Lipinski definition) is 1. The molecule has 1 aromatic carbocycles. The molecule has 152 valence electrons. The van der Waals surface area contributed by atoms with Crippen molar-refractivity contribution >= 4 is 5.91 Å². The smallest absolute Gasteiger partial charge is 0.275 e. The van der Waals surface area contributed by atoms with Gasteiger partial charge in [0.05, 0.1) is 19.0 Å². The molecule has 1 aliphatic rings. The van der Waals surface area contributed by atoms with Crippen LogP contribution in [0, 0.1) is 11.8 Å². The summed E-state index contributed by atoms with van der Waals surface area (Å²) in [4.78, 5) is 15.1. The summed E-state index contributed by atoms with van der Waals surface area (Å²) in [6.45, 7) is 8.83. The van der Waals surface area contributed by atoms with Crippen LogP contribution in [0.4, 0.5) is 0 Å². The van der Waals surface area contributed by atoms with Gasteiger partial charge in [-0.15, -0.1) is 0 Å². The van der Waals surface area contributed by atoms with E-state index in [1.807, 2.05) is 30.3 Å². The molecule has 6 heteroatoms. The monoisotopic (exact) mass is 384 g/mol. The van der Waals surface area contributed by atoms with Crippen molar-refractivity contribution in [2.24, 2.45) is 11.8 Å². The molecule has 1 fully saturated rings. The number of rotatable bonds is 8. The lowest BCUT2D eigenvalue weighted by Gasteiger charge is -2.34. The molecule has 0 aliphatic carbocycles. The van der Waals surface area contributed by atoms with E-state index in [9.17, 15) is 4.79 Å². The Balaban J connectivity index is 1.46. The third-order valence-corrected chi connectivity index (χ3v) is 5.27. The summed E-state index contributed by atoms with van der Waals surface area (Å²) < 4.78 is 7.02. The first-order chi connectivity index (χ1) is 13.6. The number of nitrogens with one attached hydrogen (secondary N) is 1. The van der Waals surface area contributed by atoms with Crippen molar-refractivity contribution in [3.05, 3.63) is 42.2 Å². The average Bonchev–Trinajstić information content (AvgIpc) is 3.12.